The molecule has 172 valence electrons. The molecule has 3 aromatic rings. The highest BCUT2D eigenvalue weighted by Crippen LogP contribution is 2.32. The lowest BCUT2D eigenvalue weighted by Gasteiger charge is -2.23. The van der Waals surface area contributed by atoms with Crippen LogP contribution in [0.25, 0.3) is 0 Å². The Morgan fingerprint density at radius 3 is 2.67 bits per heavy atom. The van der Waals surface area contributed by atoms with E-state index in [9.17, 15) is 9.59 Å². The number of amides is 2. The van der Waals surface area contributed by atoms with Crippen molar-refractivity contribution in [1.29, 1.82) is 0 Å². The molecule has 1 aliphatic heterocycles. The SMILES string of the molecule is Cc1nc(C2CCCN2C(=O)c2noc(C)c2CN(C)C)ncc1C(=O)Nc1ccccc1. The van der Waals surface area contributed by atoms with Crippen LogP contribution in [0.1, 0.15) is 62.6 Å². The Hall–Kier alpha value is -3.59. The van der Waals surface area contributed by atoms with E-state index in [4.69, 9.17) is 4.52 Å². The Balaban J connectivity index is 1.55. The average Bonchev–Trinajstić information content (AvgIpc) is 3.41. The zero-order valence-corrected chi connectivity index (χ0v) is 19.3. The molecule has 1 unspecified atom stereocenters. The van der Waals surface area contributed by atoms with E-state index in [0.29, 0.717) is 47.3 Å². The molecular formula is C24H28N6O3. The molecule has 9 heteroatoms. The van der Waals surface area contributed by atoms with Gasteiger partial charge in [0.25, 0.3) is 11.8 Å². The molecule has 0 saturated carbocycles. The Bertz CT molecular complexity index is 1160. The van der Waals surface area contributed by atoms with Crippen molar-refractivity contribution >= 4 is 17.5 Å². The van der Waals surface area contributed by atoms with Crippen LogP contribution in [0.4, 0.5) is 5.69 Å². The van der Waals surface area contributed by atoms with Gasteiger partial charge in [0.2, 0.25) is 0 Å². The average molecular weight is 449 g/mol. The minimum Gasteiger partial charge on any atom is -0.361 e. The number of hydrogen-bond acceptors (Lipinski definition) is 7. The van der Waals surface area contributed by atoms with Crippen molar-refractivity contribution in [3.05, 3.63) is 70.6 Å². The van der Waals surface area contributed by atoms with Crippen LogP contribution in [-0.2, 0) is 6.54 Å². The number of rotatable bonds is 6. The van der Waals surface area contributed by atoms with Gasteiger partial charge in [-0.25, -0.2) is 9.97 Å². The predicted octanol–water partition coefficient (Wildman–Crippen LogP) is 3.37. The van der Waals surface area contributed by atoms with Crippen LogP contribution < -0.4 is 5.32 Å². The number of nitrogens with one attached hydrogen (secondary N) is 1. The summed E-state index contributed by atoms with van der Waals surface area (Å²) in [6.07, 6.45) is 3.13. The molecule has 1 fully saturated rings. The summed E-state index contributed by atoms with van der Waals surface area (Å²) in [6.45, 7) is 4.75. The quantitative estimate of drug-likeness (QED) is 0.616. The molecular weight excluding hydrogens is 420 g/mol. The Kier molecular flexibility index (Phi) is 6.50. The molecule has 1 aliphatic rings. The lowest BCUT2D eigenvalue weighted by atomic mass is 10.1. The molecule has 2 aromatic heterocycles. The van der Waals surface area contributed by atoms with Crippen molar-refractivity contribution < 1.29 is 14.1 Å². The van der Waals surface area contributed by atoms with Crippen LogP contribution in [0.15, 0.2) is 41.1 Å². The molecule has 3 heterocycles. The number of carbonyl (C=O) groups excluding carboxylic acids is 2. The van der Waals surface area contributed by atoms with E-state index >= 15 is 0 Å². The number of hydrogen-bond donors (Lipinski definition) is 1. The van der Waals surface area contributed by atoms with Gasteiger partial charge in [0.15, 0.2) is 11.5 Å². The first-order valence-electron chi connectivity index (χ1n) is 11.0. The normalized spacial score (nSPS) is 15.8. The maximum atomic E-state index is 13.4. The molecule has 9 nitrogen and oxygen atoms in total. The van der Waals surface area contributed by atoms with Crippen LogP contribution in [0, 0.1) is 13.8 Å². The van der Waals surface area contributed by atoms with E-state index < -0.39 is 0 Å². The van der Waals surface area contributed by atoms with Gasteiger partial charge in [-0.15, -0.1) is 0 Å². The topological polar surface area (TPSA) is 104 Å². The molecule has 4 rings (SSSR count). The first-order chi connectivity index (χ1) is 15.8. The summed E-state index contributed by atoms with van der Waals surface area (Å²) in [5, 5.41) is 6.90. The number of likely N-dealkylation sites (tertiary alicyclic amines) is 1. The third kappa shape index (κ3) is 4.78. The summed E-state index contributed by atoms with van der Waals surface area (Å²) in [5.74, 6) is 0.724. The van der Waals surface area contributed by atoms with Crippen LogP contribution in [-0.4, -0.2) is 57.4 Å². The number of aromatic nitrogens is 3. The van der Waals surface area contributed by atoms with E-state index in [-0.39, 0.29) is 17.9 Å². The van der Waals surface area contributed by atoms with E-state index in [1.807, 2.05) is 56.3 Å². The lowest BCUT2D eigenvalue weighted by Crippen LogP contribution is -2.33. The molecule has 0 spiro atoms. The summed E-state index contributed by atoms with van der Waals surface area (Å²) in [4.78, 5) is 38.9. The second kappa shape index (κ2) is 9.50. The highest BCUT2D eigenvalue weighted by molar-refractivity contribution is 6.04. The maximum Gasteiger partial charge on any atom is 0.277 e. The minimum absolute atomic E-state index is 0.182. The molecule has 1 saturated heterocycles. The number of benzene rings is 1. The van der Waals surface area contributed by atoms with E-state index in [1.54, 1.807) is 11.8 Å². The highest BCUT2D eigenvalue weighted by Gasteiger charge is 2.35. The van der Waals surface area contributed by atoms with Gasteiger partial charge in [-0.05, 0) is 52.9 Å². The third-order valence-electron chi connectivity index (χ3n) is 5.75. The summed E-state index contributed by atoms with van der Waals surface area (Å²) in [5.41, 5.74) is 2.80. The molecule has 0 aliphatic carbocycles. The fraction of sp³-hybridized carbons (Fsp3) is 0.375. The predicted molar refractivity (Wildman–Crippen MR) is 123 cm³/mol. The number of nitrogens with zero attached hydrogens (tertiary/aromatic N) is 5. The van der Waals surface area contributed by atoms with Gasteiger partial charge in [0.05, 0.1) is 17.3 Å². The van der Waals surface area contributed by atoms with Gasteiger partial charge in [-0.1, -0.05) is 23.4 Å². The molecule has 2 amide bonds. The van der Waals surface area contributed by atoms with Crippen LogP contribution >= 0.6 is 0 Å². The summed E-state index contributed by atoms with van der Waals surface area (Å²) >= 11 is 0. The molecule has 33 heavy (non-hydrogen) atoms. The number of para-hydroxylation sites is 1. The first kappa shape index (κ1) is 22.6. The van der Waals surface area contributed by atoms with Crippen molar-refractivity contribution in [2.24, 2.45) is 0 Å². The van der Waals surface area contributed by atoms with Crippen LogP contribution in [0.2, 0.25) is 0 Å². The van der Waals surface area contributed by atoms with Crippen molar-refractivity contribution in [2.45, 2.75) is 39.3 Å². The van der Waals surface area contributed by atoms with Gasteiger partial charge < -0.3 is 19.6 Å². The zero-order chi connectivity index (χ0) is 23.5. The van der Waals surface area contributed by atoms with Gasteiger partial charge in [-0.2, -0.15) is 0 Å². The third-order valence-corrected chi connectivity index (χ3v) is 5.75. The zero-order valence-electron chi connectivity index (χ0n) is 19.3. The van der Waals surface area contributed by atoms with E-state index in [0.717, 1.165) is 18.4 Å². The highest BCUT2D eigenvalue weighted by atomic mass is 16.5. The number of carbonyl (C=O) groups is 2. The minimum atomic E-state index is -0.272. The van der Waals surface area contributed by atoms with Gasteiger partial charge in [0.1, 0.15) is 5.76 Å². The number of anilines is 1. The van der Waals surface area contributed by atoms with Crippen molar-refractivity contribution in [3.8, 4) is 0 Å². The lowest BCUT2D eigenvalue weighted by molar-refractivity contribution is 0.0717. The Labute approximate surface area is 192 Å². The smallest absolute Gasteiger partial charge is 0.277 e. The monoisotopic (exact) mass is 448 g/mol. The van der Waals surface area contributed by atoms with Crippen LogP contribution in [0.3, 0.4) is 0 Å². The Morgan fingerprint density at radius 1 is 1.21 bits per heavy atom. The summed E-state index contributed by atoms with van der Waals surface area (Å²) in [7, 11) is 3.87. The second-order valence-corrected chi connectivity index (χ2v) is 8.51. The Morgan fingerprint density at radius 2 is 1.97 bits per heavy atom. The van der Waals surface area contributed by atoms with Crippen molar-refractivity contribution in [3.63, 3.8) is 0 Å². The summed E-state index contributed by atoms with van der Waals surface area (Å²) < 4.78 is 5.33. The number of aryl methyl sites for hydroxylation is 2. The molecule has 1 atom stereocenters. The van der Waals surface area contributed by atoms with E-state index in [1.165, 1.54) is 6.20 Å². The van der Waals surface area contributed by atoms with Gasteiger partial charge >= 0.3 is 0 Å². The molecule has 0 radical (unpaired) electrons. The van der Waals surface area contributed by atoms with Gasteiger partial charge in [0, 0.05) is 30.5 Å². The van der Waals surface area contributed by atoms with E-state index in [2.05, 4.69) is 20.4 Å². The summed E-state index contributed by atoms with van der Waals surface area (Å²) in [6, 6.07) is 8.97. The first-order valence-corrected chi connectivity index (χ1v) is 11.0. The maximum absolute atomic E-state index is 13.4. The van der Waals surface area contributed by atoms with Crippen LogP contribution in [0.5, 0.6) is 0 Å². The largest absolute Gasteiger partial charge is 0.361 e. The molecule has 1 N–H and O–H groups in total. The standard InChI is InChI=1S/C24H28N6O3/c1-15-18(23(31)27-17-9-6-5-7-10-17)13-25-22(26-15)20-11-8-12-30(20)24(32)21-19(14-29(3)4)16(2)33-28-21/h5-7,9-10,13,20H,8,11-12,14H2,1-4H3,(H,27,31). The molecule has 1 aromatic carbocycles. The fourth-order valence-corrected chi connectivity index (χ4v) is 4.06. The van der Waals surface area contributed by atoms with Gasteiger partial charge in [-0.3, -0.25) is 9.59 Å². The van der Waals surface area contributed by atoms with Crippen molar-refractivity contribution in [1.82, 2.24) is 24.9 Å². The fourth-order valence-electron chi connectivity index (χ4n) is 4.06. The second-order valence-electron chi connectivity index (χ2n) is 8.51. The van der Waals surface area contributed by atoms with Crippen molar-refractivity contribution in [2.75, 3.05) is 26.0 Å². The molecule has 0 bridgehead atoms.